The van der Waals surface area contributed by atoms with Gasteiger partial charge in [0.1, 0.15) is 11.8 Å². The molecule has 0 aliphatic carbocycles. The molecule has 4 aromatic rings. The minimum absolute atomic E-state index is 0.109. The van der Waals surface area contributed by atoms with Gasteiger partial charge >= 0.3 is 0 Å². The van der Waals surface area contributed by atoms with Crippen molar-refractivity contribution < 1.29 is 23.8 Å². The van der Waals surface area contributed by atoms with Crippen LogP contribution in [0.5, 0.6) is 17.2 Å². The molecule has 0 radical (unpaired) electrons. The highest BCUT2D eigenvalue weighted by molar-refractivity contribution is 5.89. The highest BCUT2D eigenvalue weighted by Crippen LogP contribution is 2.28. The maximum absolute atomic E-state index is 14.0. The van der Waals surface area contributed by atoms with Crippen LogP contribution in [-0.2, 0) is 35.4 Å². The topological polar surface area (TPSA) is 77.1 Å². The SMILES string of the molecule is COc1ccc(CCNC(=O)[C@H](Cc2ccccc2)N(Cc2ccccc2)C(=O)Cc2ccc(OC)c(OC)c2)cc1. The van der Waals surface area contributed by atoms with Gasteiger partial charge in [-0.25, -0.2) is 0 Å². The maximum Gasteiger partial charge on any atom is 0.243 e. The van der Waals surface area contributed by atoms with Crippen LogP contribution in [0.2, 0.25) is 0 Å². The van der Waals surface area contributed by atoms with Gasteiger partial charge in [-0.2, -0.15) is 0 Å². The first kappa shape index (κ1) is 30.2. The van der Waals surface area contributed by atoms with Crippen LogP contribution in [0.4, 0.5) is 0 Å². The molecule has 0 fully saturated rings. The Morgan fingerprint density at radius 1 is 0.690 bits per heavy atom. The van der Waals surface area contributed by atoms with Gasteiger partial charge in [-0.15, -0.1) is 0 Å². The Kier molecular flexibility index (Phi) is 11.0. The predicted molar refractivity (Wildman–Crippen MR) is 164 cm³/mol. The molecule has 4 aromatic carbocycles. The first-order valence-corrected chi connectivity index (χ1v) is 14.0. The second-order valence-electron chi connectivity index (χ2n) is 9.97. The van der Waals surface area contributed by atoms with Crippen molar-refractivity contribution in [2.75, 3.05) is 27.9 Å². The lowest BCUT2D eigenvalue weighted by molar-refractivity contribution is -0.140. The summed E-state index contributed by atoms with van der Waals surface area (Å²) in [5, 5.41) is 3.10. The van der Waals surface area contributed by atoms with E-state index in [9.17, 15) is 9.59 Å². The van der Waals surface area contributed by atoms with Gasteiger partial charge in [-0.05, 0) is 52.9 Å². The summed E-state index contributed by atoms with van der Waals surface area (Å²) < 4.78 is 16.1. The summed E-state index contributed by atoms with van der Waals surface area (Å²) in [5.74, 6) is 1.58. The summed E-state index contributed by atoms with van der Waals surface area (Å²) >= 11 is 0. The number of nitrogens with one attached hydrogen (secondary N) is 1. The monoisotopic (exact) mass is 566 g/mol. The van der Waals surface area contributed by atoms with E-state index in [0.29, 0.717) is 37.4 Å². The largest absolute Gasteiger partial charge is 0.497 e. The maximum atomic E-state index is 14.0. The second-order valence-corrected chi connectivity index (χ2v) is 9.97. The molecule has 218 valence electrons. The van der Waals surface area contributed by atoms with E-state index in [2.05, 4.69) is 5.32 Å². The number of carbonyl (C=O) groups excluding carboxylic acids is 2. The van der Waals surface area contributed by atoms with E-state index in [-0.39, 0.29) is 18.2 Å². The fourth-order valence-electron chi connectivity index (χ4n) is 4.84. The Hall–Kier alpha value is -4.78. The standard InChI is InChI=1S/C35H38N2O5/c1-40-30-17-14-26(15-18-30)20-21-36-35(39)31(22-27-10-6-4-7-11-27)37(25-28-12-8-5-9-13-28)34(38)24-29-16-19-32(41-2)33(23-29)42-3/h4-19,23,31H,20-22,24-25H2,1-3H3,(H,36,39)/t31-/m0/s1. The number of rotatable bonds is 14. The number of benzene rings is 4. The molecular weight excluding hydrogens is 528 g/mol. The van der Waals surface area contributed by atoms with Gasteiger partial charge in [-0.3, -0.25) is 9.59 Å². The third kappa shape index (κ3) is 8.36. The number of nitrogens with zero attached hydrogens (tertiary/aromatic N) is 1. The minimum atomic E-state index is -0.712. The van der Waals surface area contributed by atoms with Crippen LogP contribution >= 0.6 is 0 Å². The number of amides is 2. The molecule has 42 heavy (non-hydrogen) atoms. The molecule has 4 rings (SSSR count). The molecule has 0 aliphatic heterocycles. The zero-order chi connectivity index (χ0) is 29.7. The van der Waals surface area contributed by atoms with E-state index in [1.54, 1.807) is 38.4 Å². The Labute approximate surface area is 248 Å². The molecule has 0 spiro atoms. The highest BCUT2D eigenvalue weighted by atomic mass is 16.5. The van der Waals surface area contributed by atoms with Crippen molar-refractivity contribution in [2.24, 2.45) is 0 Å². The van der Waals surface area contributed by atoms with Gasteiger partial charge in [-0.1, -0.05) is 78.9 Å². The van der Waals surface area contributed by atoms with Crippen molar-refractivity contribution in [3.63, 3.8) is 0 Å². The predicted octanol–water partition coefficient (Wildman–Crippen LogP) is 5.25. The highest BCUT2D eigenvalue weighted by Gasteiger charge is 2.30. The average molecular weight is 567 g/mol. The van der Waals surface area contributed by atoms with Gasteiger partial charge in [0, 0.05) is 19.5 Å². The number of ether oxygens (including phenoxy) is 3. The van der Waals surface area contributed by atoms with Crippen LogP contribution in [0.25, 0.3) is 0 Å². The lowest BCUT2D eigenvalue weighted by Crippen LogP contribution is -2.51. The third-order valence-electron chi connectivity index (χ3n) is 7.14. The molecule has 7 heteroatoms. The van der Waals surface area contributed by atoms with Crippen molar-refractivity contribution in [1.29, 1.82) is 0 Å². The van der Waals surface area contributed by atoms with Crippen molar-refractivity contribution in [1.82, 2.24) is 10.2 Å². The number of hydrogen-bond donors (Lipinski definition) is 1. The van der Waals surface area contributed by atoms with E-state index in [1.807, 2.05) is 91.0 Å². The number of hydrogen-bond acceptors (Lipinski definition) is 5. The molecule has 0 heterocycles. The molecule has 7 nitrogen and oxygen atoms in total. The summed E-state index contributed by atoms with van der Waals surface area (Å²) in [6.07, 6.45) is 1.16. The van der Waals surface area contributed by atoms with E-state index < -0.39 is 6.04 Å². The Morgan fingerprint density at radius 2 is 1.31 bits per heavy atom. The van der Waals surface area contributed by atoms with Crippen LogP contribution in [-0.4, -0.2) is 50.6 Å². The normalized spacial score (nSPS) is 11.3. The fourth-order valence-corrected chi connectivity index (χ4v) is 4.84. The number of carbonyl (C=O) groups is 2. The van der Waals surface area contributed by atoms with Gasteiger partial charge in [0.25, 0.3) is 0 Å². The van der Waals surface area contributed by atoms with Gasteiger partial charge in [0.2, 0.25) is 11.8 Å². The molecule has 0 aromatic heterocycles. The first-order valence-electron chi connectivity index (χ1n) is 14.0. The van der Waals surface area contributed by atoms with Crippen LogP contribution in [0.3, 0.4) is 0 Å². The molecule has 1 N–H and O–H groups in total. The molecule has 0 unspecified atom stereocenters. The zero-order valence-electron chi connectivity index (χ0n) is 24.4. The summed E-state index contributed by atoms with van der Waals surface area (Å²) in [7, 11) is 4.78. The summed E-state index contributed by atoms with van der Waals surface area (Å²) in [6, 6.07) is 32.1. The van der Waals surface area contributed by atoms with Crippen molar-refractivity contribution in [3.05, 3.63) is 125 Å². The van der Waals surface area contributed by atoms with Crippen LogP contribution in [0.15, 0.2) is 103 Å². The third-order valence-corrected chi connectivity index (χ3v) is 7.14. The molecule has 2 amide bonds. The zero-order valence-corrected chi connectivity index (χ0v) is 24.4. The van der Waals surface area contributed by atoms with E-state index in [4.69, 9.17) is 14.2 Å². The summed E-state index contributed by atoms with van der Waals surface area (Å²) in [4.78, 5) is 29.6. The lowest BCUT2D eigenvalue weighted by Gasteiger charge is -2.32. The Bertz CT molecular complexity index is 1430. The molecule has 0 saturated heterocycles. The van der Waals surface area contributed by atoms with Gasteiger partial charge in [0.15, 0.2) is 11.5 Å². The molecular formula is C35H38N2O5. The average Bonchev–Trinajstić information content (AvgIpc) is 3.03. The Balaban J connectivity index is 1.59. The molecule has 1 atom stereocenters. The molecule has 0 bridgehead atoms. The smallest absolute Gasteiger partial charge is 0.243 e. The Morgan fingerprint density at radius 3 is 1.93 bits per heavy atom. The van der Waals surface area contributed by atoms with E-state index in [0.717, 1.165) is 28.0 Å². The van der Waals surface area contributed by atoms with Crippen molar-refractivity contribution >= 4 is 11.8 Å². The van der Waals surface area contributed by atoms with Gasteiger partial charge < -0.3 is 24.4 Å². The van der Waals surface area contributed by atoms with Crippen molar-refractivity contribution in [2.45, 2.75) is 31.8 Å². The van der Waals surface area contributed by atoms with Crippen LogP contribution in [0.1, 0.15) is 22.3 Å². The molecule has 0 aliphatic rings. The second kappa shape index (κ2) is 15.3. The van der Waals surface area contributed by atoms with Crippen LogP contribution < -0.4 is 19.5 Å². The summed E-state index contributed by atoms with van der Waals surface area (Å²) in [5.41, 5.74) is 3.78. The van der Waals surface area contributed by atoms with E-state index in [1.165, 1.54) is 0 Å². The number of methoxy groups -OCH3 is 3. The fraction of sp³-hybridized carbons (Fsp3) is 0.257. The van der Waals surface area contributed by atoms with Crippen LogP contribution in [0, 0.1) is 0 Å². The first-order chi connectivity index (χ1) is 20.5. The van der Waals surface area contributed by atoms with Gasteiger partial charge in [0.05, 0.1) is 27.8 Å². The van der Waals surface area contributed by atoms with E-state index >= 15 is 0 Å². The van der Waals surface area contributed by atoms with Crippen molar-refractivity contribution in [3.8, 4) is 17.2 Å². The summed E-state index contributed by atoms with van der Waals surface area (Å²) in [6.45, 7) is 0.746. The quantitative estimate of drug-likeness (QED) is 0.226. The minimum Gasteiger partial charge on any atom is -0.497 e. The molecule has 0 saturated carbocycles. The lowest BCUT2D eigenvalue weighted by atomic mass is 10.0.